The molecule has 1 fully saturated rings. The Morgan fingerprint density at radius 2 is 1.93 bits per heavy atom. The van der Waals surface area contributed by atoms with Gasteiger partial charge in [-0.25, -0.2) is 9.78 Å². The molecule has 1 N–H and O–H groups in total. The van der Waals surface area contributed by atoms with E-state index in [1.54, 1.807) is 30.5 Å². The zero-order chi connectivity index (χ0) is 21.4. The summed E-state index contributed by atoms with van der Waals surface area (Å²) in [4.78, 5) is 42.3. The van der Waals surface area contributed by atoms with Crippen molar-refractivity contribution >= 4 is 29.1 Å². The van der Waals surface area contributed by atoms with E-state index in [0.29, 0.717) is 23.5 Å². The number of nitrogens with one attached hydrogen (secondary N) is 1. The molecule has 3 heterocycles. The molecule has 2 amide bonds. The van der Waals surface area contributed by atoms with Crippen LogP contribution in [0.3, 0.4) is 0 Å². The van der Waals surface area contributed by atoms with Gasteiger partial charge < -0.3 is 10.1 Å². The molecule has 1 atom stereocenters. The number of carbonyl (C=O) groups is 3. The van der Waals surface area contributed by atoms with Crippen molar-refractivity contribution in [1.82, 2.24) is 14.7 Å². The van der Waals surface area contributed by atoms with Gasteiger partial charge in [0.05, 0.1) is 12.2 Å². The van der Waals surface area contributed by atoms with Gasteiger partial charge in [0.15, 0.2) is 0 Å². The highest BCUT2D eigenvalue weighted by atomic mass is 16.6. The normalized spacial score (nSPS) is 16.0. The number of anilines is 1. The summed E-state index contributed by atoms with van der Waals surface area (Å²) in [6.45, 7) is 5.84. The standard InChI is InChI=1S/C22H22N4O4/c1-13-8-14(2)25-19(11-24-20(25)9-13)21(28)16-4-6-17(7-5-16)26-18(10-23-15(3)27)12-30-22(26)29/h4-9,11,18H,10,12H2,1-3H3,(H,23,27). The van der Waals surface area contributed by atoms with Crippen molar-refractivity contribution in [3.05, 3.63) is 65.1 Å². The number of hydrogen-bond acceptors (Lipinski definition) is 5. The summed E-state index contributed by atoms with van der Waals surface area (Å²) >= 11 is 0. The Kier molecular flexibility index (Phi) is 4.99. The van der Waals surface area contributed by atoms with Gasteiger partial charge in [0.25, 0.3) is 0 Å². The fourth-order valence-corrected chi connectivity index (χ4v) is 3.75. The molecule has 4 rings (SSSR count). The molecule has 1 aliphatic rings. The van der Waals surface area contributed by atoms with Crippen LogP contribution in [0.1, 0.15) is 34.2 Å². The van der Waals surface area contributed by atoms with Crippen LogP contribution in [0.25, 0.3) is 5.65 Å². The van der Waals surface area contributed by atoms with Crippen molar-refractivity contribution in [2.24, 2.45) is 0 Å². The van der Waals surface area contributed by atoms with Gasteiger partial charge in [-0.2, -0.15) is 0 Å². The number of rotatable bonds is 5. The Hall–Kier alpha value is -3.68. The first-order valence-corrected chi connectivity index (χ1v) is 9.65. The SMILES string of the molecule is CC(=O)NCC1COC(=O)N1c1ccc(C(=O)c2cnc3cc(C)cc(C)n23)cc1. The van der Waals surface area contributed by atoms with Crippen molar-refractivity contribution in [1.29, 1.82) is 0 Å². The smallest absolute Gasteiger partial charge is 0.414 e. The van der Waals surface area contributed by atoms with Crippen molar-refractivity contribution < 1.29 is 19.1 Å². The number of imidazole rings is 1. The van der Waals surface area contributed by atoms with Gasteiger partial charge >= 0.3 is 6.09 Å². The average molecular weight is 406 g/mol. The van der Waals surface area contributed by atoms with E-state index in [2.05, 4.69) is 10.3 Å². The molecular formula is C22H22N4O4. The second-order valence-electron chi connectivity index (χ2n) is 7.42. The Morgan fingerprint density at radius 3 is 2.63 bits per heavy atom. The summed E-state index contributed by atoms with van der Waals surface area (Å²) < 4.78 is 6.97. The van der Waals surface area contributed by atoms with E-state index in [4.69, 9.17) is 4.74 Å². The molecule has 3 aromatic rings. The third kappa shape index (κ3) is 3.52. The van der Waals surface area contributed by atoms with Gasteiger partial charge in [0, 0.05) is 30.4 Å². The summed E-state index contributed by atoms with van der Waals surface area (Å²) in [6, 6.07) is 10.4. The van der Waals surface area contributed by atoms with Crippen molar-refractivity contribution in [3.63, 3.8) is 0 Å². The number of ketones is 1. The number of carbonyl (C=O) groups excluding carboxylic acids is 3. The van der Waals surface area contributed by atoms with E-state index in [0.717, 1.165) is 16.9 Å². The lowest BCUT2D eigenvalue weighted by molar-refractivity contribution is -0.119. The lowest BCUT2D eigenvalue weighted by Crippen LogP contribution is -2.42. The first-order chi connectivity index (χ1) is 14.3. The van der Waals surface area contributed by atoms with E-state index in [-0.39, 0.29) is 24.3 Å². The van der Waals surface area contributed by atoms with Crippen LogP contribution in [0.15, 0.2) is 42.6 Å². The third-order valence-electron chi connectivity index (χ3n) is 5.12. The number of aromatic nitrogens is 2. The molecule has 1 aromatic carbocycles. The number of amides is 2. The highest BCUT2D eigenvalue weighted by molar-refractivity contribution is 6.08. The largest absolute Gasteiger partial charge is 0.447 e. The molecule has 1 aliphatic heterocycles. The number of pyridine rings is 1. The maximum atomic E-state index is 13.1. The molecule has 0 radical (unpaired) electrons. The molecule has 0 bridgehead atoms. The van der Waals surface area contributed by atoms with Crippen molar-refractivity contribution in [2.75, 3.05) is 18.1 Å². The minimum absolute atomic E-state index is 0.153. The Morgan fingerprint density at radius 1 is 1.20 bits per heavy atom. The Labute approximate surface area is 173 Å². The number of cyclic esters (lactones) is 1. The van der Waals surface area contributed by atoms with Gasteiger partial charge in [-0.05, 0) is 55.8 Å². The first-order valence-electron chi connectivity index (χ1n) is 9.65. The zero-order valence-corrected chi connectivity index (χ0v) is 17.0. The number of benzene rings is 1. The predicted molar refractivity (Wildman–Crippen MR) is 111 cm³/mol. The van der Waals surface area contributed by atoms with Crippen LogP contribution in [-0.4, -0.2) is 46.4 Å². The molecule has 0 spiro atoms. The van der Waals surface area contributed by atoms with Gasteiger partial charge in [-0.1, -0.05) is 0 Å². The lowest BCUT2D eigenvalue weighted by atomic mass is 10.1. The highest BCUT2D eigenvalue weighted by Crippen LogP contribution is 2.24. The molecule has 2 aromatic heterocycles. The van der Waals surface area contributed by atoms with Crippen molar-refractivity contribution in [3.8, 4) is 0 Å². The van der Waals surface area contributed by atoms with Gasteiger partial charge in [-0.3, -0.25) is 18.9 Å². The second-order valence-corrected chi connectivity index (χ2v) is 7.42. The molecule has 0 saturated carbocycles. The van der Waals surface area contributed by atoms with E-state index in [1.165, 1.54) is 11.8 Å². The lowest BCUT2D eigenvalue weighted by Gasteiger charge is -2.21. The number of fused-ring (bicyclic) bond motifs is 1. The predicted octanol–water partition coefficient (Wildman–Crippen LogP) is 2.64. The number of nitrogens with zero attached hydrogens (tertiary/aromatic N) is 3. The monoisotopic (exact) mass is 406 g/mol. The molecular weight excluding hydrogens is 384 g/mol. The molecule has 8 heteroatoms. The van der Waals surface area contributed by atoms with Crippen LogP contribution in [-0.2, 0) is 9.53 Å². The second kappa shape index (κ2) is 7.62. The van der Waals surface area contributed by atoms with Crippen molar-refractivity contribution in [2.45, 2.75) is 26.8 Å². The summed E-state index contributed by atoms with van der Waals surface area (Å²) in [5.41, 5.74) is 4.33. The molecule has 0 aliphatic carbocycles. The zero-order valence-electron chi connectivity index (χ0n) is 17.0. The summed E-state index contributed by atoms with van der Waals surface area (Å²) in [5.74, 6) is -0.325. The molecule has 30 heavy (non-hydrogen) atoms. The molecule has 8 nitrogen and oxygen atoms in total. The van der Waals surface area contributed by atoms with E-state index in [9.17, 15) is 14.4 Å². The van der Waals surface area contributed by atoms with E-state index in [1.807, 2.05) is 30.4 Å². The number of hydrogen-bond donors (Lipinski definition) is 1. The Balaban J connectivity index is 1.60. The topological polar surface area (TPSA) is 93.0 Å². The maximum Gasteiger partial charge on any atom is 0.414 e. The highest BCUT2D eigenvalue weighted by Gasteiger charge is 2.34. The third-order valence-corrected chi connectivity index (χ3v) is 5.12. The van der Waals surface area contributed by atoms with Crippen LogP contribution in [0.5, 0.6) is 0 Å². The van der Waals surface area contributed by atoms with Crippen LogP contribution in [0, 0.1) is 13.8 Å². The minimum Gasteiger partial charge on any atom is -0.447 e. The van der Waals surface area contributed by atoms with E-state index < -0.39 is 6.09 Å². The molecule has 1 saturated heterocycles. The molecule has 154 valence electrons. The molecule has 1 unspecified atom stereocenters. The quantitative estimate of drug-likeness (QED) is 0.658. The van der Waals surface area contributed by atoms with Gasteiger partial charge in [0.1, 0.15) is 17.9 Å². The van der Waals surface area contributed by atoms with Crippen LogP contribution in [0.4, 0.5) is 10.5 Å². The fourth-order valence-electron chi connectivity index (χ4n) is 3.75. The number of ether oxygens (including phenoxy) is 1. The van der Waals surface area contributed by atoms with Crippen LogP contribution < -0.4 is 10.2 Å². The van der Waals surface area contributed by atoms with E-state index >= 15 is 0 Å². The average Bonchev–Trinajstić information content (AvgIpc) is 3.29. The van der Waals surface area contributed by atoms with Crippen LogP contribution in [0.2, 0.25) is 0 Å². The first kappa shape index (κ1) is 19.6. The minimum atomic E-state index is -0.475. The fraction of sp³-hybridized carbons (Fsp3) is 0.273. The number of aryl methyl sites for hydroxylation is 2. The van der Waals surface area contributed by atoms with Gasteiger partial charge in [-0.15, -0.1) is 0 Å². The van der Waals surface area contributed by atoms with Crippen LogP contribution >= 0.6 is 0 Å². The van der Waals surface area contributed by atoms with Gasteiger partial charge in [0.2, 0.25) is 11.7 Å². The maximum absolute atomic E-state index is 13.1. The summed E-state index contributed by atoms with van der Waals surface area (Å²) in [6.07, 6.45) is 1.11. The Bertz CT molecular complexity index is 1150. The summed E-state index contributed by atoms with van der Waals surface area (Å²) in [5, 5.41) is 2.71. The summed E-state index contributed by atoms with van der Waals surface area (Å²) in [7, 11) is 0.